The van der Waals surface area contributed by atoms with E-state index < -0.39 is 0 Å². The van der Waals surface area contributed by atoms with Gasteiger partial charge in [-0.25, -0.2) is 9.97 Å². The van der Waals surface area contributed by atoms with Crippen LogP contribution in [-0.4, -0.2) is 17.0 Å². The van der Waals surface area contributed by atoms with E-state index in [1.54, 1.807) is 0 Å². The highest BCUT2D eigenvalue weighted by Gasteiger charge is 2.25. The lowest BCUT2D eigenvalue weighted by atomic mass is 9.77. The lowest BCUT2D eigenvalue weighted by molar-refractivity contribution is 0.255. The van der Waals surface area contributed by atoms with Crippen molar-refractivity contribution >= 4 is 5.82 Å². The largest absolute Gasteiger partial charge is 0.373 e. The molecule has 1 saturated carbocycles. The van der Waals surface area contributed by atoms with Gasteiger partial charge in [0.2, 0.25) is 0 Å². The van der Waals surface area contributed by atoms with Crippen LogP contribution in [0, 0.1) is 11.8 Å². The summed E-state index contributed by atoms with van der Waals surface area (Å²) in [6, 6.07) is 1.92. The van der Waals surface area contributed by atoms with Gasteiger partial charge >= 0.3 is 0 Å². The number of hydrogen-bond acceptors (Lipinski definition) is 3. The highest BCUT2D eigenvalue weighted by Crippen LogP contribution is 2.37. The molecule has 3 heteroatoms. The van der Waals surface area contributed by atoms with Gasteiger partial charge in [-0.1, -0.05) is 13.8 Å². The zero-order valence-electron chi connectivity index (χ0n) is 11.1. The minimum Gasteiger partial charge on any atom is -0.373 e. The van der Waals surface area contributed by atoms with Crippen LogP contribution in [0.4, 0.5) is 5.82 Å². The Labute approximate surface area is 104 Å². The first-order valence-electron chi connectivity index (χ1n) is 6.71. The van der Waals surface area contributed by atoms with Gasteiger partial charge in [-0.15, -0.1) is 0 Å². The van der Waals surface area contributed by atoms with E-state index in [4.69, 9.17) is 0 Å². The second-order valence-electron chi connectivity index (χ2n) is 5.41. The molecule has 1 N–H and O–H groups in total. The number of anilines is 1. The Kier molecular flexibility index (Phi) is 3.97. The molecule has 1 aliphatic carbocycles. The second-order valence-corrected chi connectivity index (χ2v) is 5.41. The van der Waals surface area contributed by atoms with E-state index in [1.807, 2.05) is 19.3 Å². The van der Waals surface area contributed by atoms with Crippen molar-refractivity contribution in [1.82, 2.24) is 9.97 Å². The van der Waals surface area contributed by atoms with Gasteiger partial charge < -0.3 is 5.32 Å². The quantitative estimate of drug-likeness (QED) is 0.869. The van der Waals surface area contributed by atoms with E-state index >= 15 is 0 Å². The molecule has 94 valence electrons. The predicted molar refractivity (Wildman–Crippen MR) is 71.1 cm³/mol. The van der Waals surface area contributed by atoms with Crippen molar-refractivity contribution in [2.45, 2.75) is 45.4 Å². The van der Waals surface area contributed by atoms with Crippen molar-refractivity contribution in [1.29, 1.82) is 0 Å². The van der Waals surface area contributed by atoms with Gasteiger partial charge in [0.25, 0.3) is 0 Å². The monoisotopic (exact) mass is 233 g/mol. The summed E-state index contributed by atoms with van der Waals surface area (Å²) in [5, 5.41) is 3.08. The average Bonchev–Trinajstić information content (AvgIpc) is 2.39. The van der Waals surface area contributed by atoms with E-state index in [0.717, 1.165) is 23.5 Å². The molecule has 0 radical (unpaired) electrons. The highest BCUT2D eigenvalue weighted by molar-refractivity contribution is 5.32. The third-order valence-electron chi connectivity index (χ3n) is 4.01. The molecule has 1 aromatic rings. The third-order valence-corrected chi connectivity index (χ3v) is 4.01. The minimum atomic E-state index is 0.568. The van der Waals surface area contributed by atoms with Crippen molar-refractivity contribution in [3.8, 4) is 0 Å². The molecule has 1 aromatic heterocycles. The molecule has 0 aromatic carbocycles. The fraction of sp³-hybridized carbons (Fsp3) is 0.714. The van der Waals surface area contributed by atoms with Gasteiger partial charge in [0.1, 0.15) is 11.6 Å². The molecule has 0 saturated heterocycles. The maximum Gasteiger partial charge on any atom is 0.133 e. The van der Waals surface area contributed by atoms with Crippen LogP contribution in [0.5, 0.6) is 0 Å². The van der Waals surface area contributed by atoms with Gasteiger partial charge in [-0.3, -0.25) is 0 Å². The van der Waals surface area contributed by atoms with Crippen molar-refractivity contribution in [2.75, 3.05) is 12.4 Å². The van der Waals surface area contributed by atoms with Crippen molar-refractivity contribution in [3.63, 3.8) is 0 Å². The van der Waals surface area contributed by atoms with Crippen molar-refractivity contribution in [3.05, 3.63) is 18.1 Å². The molecule has 0 spiro atoms. The van der Waals surface area contributed by atoms with Crippen molar-refractivity contribution in [2.24, 2.45) is 11.8 Å². The topological polar surface area (TPSA) is 37.8 Å². The summed E-state index contributed by atoms with van der Waals surface area (Å²) < 4.78 is 0. The number of hydrogen-bond donors (Lipinski definition) is 1. The molecule has 3 nitrogen and oxygen atoms in total. The first-order chi connectivity index (χ1) is 8.20. The van der Waals surface area contributed by atoms with E-state index in [1.165, 1.54) is 25.7 Å². The first-order valence-corrected chi connectivity index (χ1v) is 6.71. The number of rotatable bonds is 3. The van der Waals surface area contributed by atoms with E-state index in [9.17, 15) is 0 Å². The summed E-state index contributed by atoms with van der Waals surface area (Å²) >= 11 is 0. The molecular weight excluding hydrogens is 210 g/mol. The molecule has 17 heavy (non-hydrogen) atoms. The molecule has 0 unspecified atom stereocenters. The molecule has 0 atom stereocenters. The van der Waals surface area contributed by atoms with Crippen LogP contribution in [0.3, 0.4) is 0 Å². The van der Waals surface area contributed by atoms with Gasteiger partial charge in [-0.05, 0) is 43.6 Å². The minimum absolute atomic E-state index is 0.568. The molecular formula is C14H23N3. The maximum absolute atomic E-state index is 4.56. The summed E-state index contributed by atoms with van der Waals surface area (Å²) in [6.07, 6.45) is 7.01. The van der Waals surface area contributed by atoms with Gasteiger partial charge in [0.05, 0.1) is 0 Å². The Hall–Kier alpha value is -1.12. The average molecular weight is 233 g/mol. The van der Waals surface area contributed by atoms with Crippen LogP contribution in [0.15, 0.2) is 12.3 Å². The highest BCUT2D eigenvalue weighted by atomic mass is 15.0. The Balaban J connectivity index is 2.00. The molecule has 1 fully saturated rings. The lowest BCUT2D eigenvalue weighted by Crippen LogP contribution is -2.19. The fourth-order valence-electron chi connectivity index (χ4n) is 2.75. The van der Waals surface area contributed by atoms with Crippen LogP contribution in [0.25, 0.3) is 0 Å². The summed E-state index contributed by atoms with van der Waals surface area (Å²) in [6.45, 7) is 4.67. The summed E-state index contributed by atoms with van der Waals surface area (Å²) in [4.78, 5) is 8.99. The van der Waals surface area contributed by atoms with Crippen molar-refractivity contribution < 1.29 is 0 Å². The number of nitrogens with zero attached hydrogens (tertiary/aromatic N) is 2. The third kappa shape index (κ3) is 2.96. The van der Waals surface area contributed by atoms with Crippen LogP contribution in [-0.2, 0) is 0 Å². The Morgan fingerprint density at radius 1 is 1.24 bits per heavy atom. The van der Waals surface area contributed by atoms with Gasteiger partial charge in [-0.2, -0.15) is 0 Å². The smallest absolute Gasteiger partial charge is 0.133 e. The van der Waals surface area contributed by atoms with E-state index in [-0.39, 0.29) is 0 Å². The summed E-state index contributed by atoms with van der Waals surface area (Å²) in [7, 11) is 1.90. The van der Waals surface area contributed by atoms with Gasteiger partial charge in [0, 0.05) is 19.2 Å². The van der Waals surface area contributed by atoms with E-state index in [2.05, 4.69) is 29.1 Å². The first kappa shape index (κ1) is 12.3. The zero-order chi connectivity index (χ0) is 12.3. The Bertz CT molecular complexity index is 354. The van der Waals surface area contributed by atoms with Crippen LogP contribution < -0.4 is 5.32 Å². The normalized spacial score (nSPS) is 24.9. The SMILES string of the molecule is CNc1ccnc(C2CCC(C(C)C)CC2)n1. The number of nitrogens with one attached hydrogen (secondary N) is 1. The molecule has 0 aliphatic heterocycles. The van der Waals surface area contributed by atoms with Crippen LogP contribution in [0.1, 0.15) is 51.3 Å². The molecule has 1 aliphatic rings. The molecule has 0 bridgehead atoms. The maximum atomic E-state index is 4.56. The Morgan fingerprint density at radius 3 is 2.53 bits per heavy atom. The summed E-state index contributed by atoms with van der Waals surface area (Å²) in [5.41, 5.74) is 0. The number of aromatic nitrogens is 2. The second kappa shape index (κ2) is 5.48. The summed E-state index contributed by atoms with van der Waals surface area (Å²) in [5.74, 6) is 4.25. The lowest BCUT2D eigenvalue weighted by Gasteiger charge is -2.30. The van der Waals surface area contributed by atoms with Crippen LogP contribution in [0.2, 0.25) is 0 Å². The van der Waals surface area contributed by atoms with Crippen LogP contribution >= 0.6 is 0 Å². The fourth-order valence-corrected chi connectivity index (χ4v) is 2.75. The van der Waals surface area contributed by atoms with E-state index in [0.29, 0.717) is 5.92 Å². The molecule has 1 heterocycles. The predicted octanol–water partition coefficient (Wildman–Crippen LogP) is 3.45. The molecule has 0 amide bonds. The zero-order valence-corrected chi connectivity index (χ0v) is 11.1. The Morgan fingerprint density at radius 2 is 1.94 bits per heavy atom. The molecule has 2 rings (SSSR count). The standard InChI is InChI=1S/C14H23N3/c1-10(2)11-4-6-12(7-5-11)14-16-9-8-13(15-3)17-14/h8-12H,4-7H2,1-3H3,(H,15,16,17). The van der Waals surface area contributed by atoms with Gasteiger partial charge in [0.15, 0.2) is 0 Å².